The quantitative estimate of drug-likeness (QED) is 0.0367. The van der Waals surface area contributed by atoms with Crippen molar-refractivity contribution in [2.45, 2.75) is 137 Å². The monoisotopic (exact) mass is 710 g/mol. The molecule has 0 spiro atoms. The van der Waals surface area contributed by atoms with Gasteiger partial charge >= 0.3 is 43.7 Å². The van der Waals surface area contributed by atoms with Crippen molar-refractivity contribution in [3.63, 3.8) is 0 Å². The van der Waals surface area contributed by atoms with Gasteiger partial charge in [-0.25, -0.2) is 0 Å². The third-order valence-electron chi connectivity index (χ3n) is 5.56. The zero-order valence-electron chi connectivity index (χ0n) is 28.1. The minimum Gasteiger partial charge on any atom is -1.00 e. The molecule has 0 aliphatic heterocycles. The molecule has 1 N–H and O–H groups in total. The van der Waals surface area contributed by atoms with Crippen molar-refractivity contribution in [2.24, 2.45) is 0 Å². The molecule has 13 heteroatoms. The molecule has 0 aromatic rings. The maximum atomic E-state index is 10.3. The molecular formula is C27H60CaO6P2S4. The van der Waals surface area contributed by atoms with Gasteiger partial charge in [0.25, 0.3) is 0 Å². The number of hydrogen-bond acceptors (Lipinski definition) is 9. The fourth-order valence-corrected chi connectivity index (χ4v) is 16.4. The Kier molecular flexibility index (Phi) is 40.5. The molecular weight excluding hydrogens is 651 g/mol. The zero-order chi connectivity index (χ0) is 29.7. The van der Waals surface area contributed by atoms with E-state index in [0.717, 1.165) is 12.8 Å². The average molecular weight is 711 g/mol. The van der Waals surface area contributed by atoms with E-state index in [-0.39, 0.29) is 40.6 Å². The molecule has 0 saturated heterocycles. The fourth-order valence-electron chi connectivity index (χ4n) is 3.66. The molecule has 0 atom stereocenters. The summed E-state index contributed by atoms with van der Waals surface area (Å²) >= 11 is 13.9. The van der Waals surface area contributed by atoms with Crippen molar-refractivity contribution in [1.29, 1.82) is 0 Å². The van der Waals surface area contributed by atoms with Gasteiger partial charge in [-0.1, -0.05) is 120 Å². The molecule has 0 aromatic carbocycles. The first kappa shape index (κ1) is 47.0. The summed E-state index contributed by atoms with van der Waals surface area (Å²) in [6.07, 6.45) is 20.2. The maximum absolute atomic E-state index is 10.3. The van der Waals surface area contributed by atoms with Crippen LogP contribution in [0.5, 0.6) is 0 Å². The Hall–Kier alpha value is 2.57. The fraction of sp³-hybridized carbons (Fsp3) is 0.963. The summed E-state index contributed by atoms with van der Waals surface area (Å²) in [7, 11) is 0. The van der Waals surface area contributed by atoms with Crippen molar-refractivity contribution in [1.82, 2.24) is 0 Å². The van der Waals surface area contributed by atoms with Crippen LogP contribution in [-0.2, 0) is 46.5 Å². The van der Waals surface area contributed by atoms with Crippen LogP contribution in [0.2, 0.25) is 0 Å². The maximum Gasteiger partial charge on any atom is 2.00 e. The van der Waals surface area contributed by atoms with E-state index in [1.807, 2.05) is 27.7 Å². The van der Waals surface area contributed by atoms with Gasteiger partial charge in [-0.05, 0) is 57.7 Å². The van der Waals surface area contributed by atoms with Crippen LogP contribution in [0.3, 0.4) is 0 Å². The predicted octanol–water partition coefficient (Wildman–Crippen LogP) is 11.2. The van der Waals surface area contributed by atoms with E-state index in [1.54, 1.807) is 0 Å². The summed E-state index contributed by atoms with van der Waals surface area (Å²) in [5.74, 6) is -0.653. The second kappa shape index (κ2) is 34.4. The van der Waals surface area contributed by atoms with Gasteiger partial charge in [0.2, 0.25) is 11.4 Å². The van der Waals surface area contributed by atoms with E-state index in [9.17, 15) is 4.79 Å². The van der Waals surface area contributed by atoms with E-state index in [1.165, 1.54) is 106 Å². The standard InChI is InChI=1S/C18H36O2.C9H22O4P2S4.Ca.2H/c1-2-3-4-5-6-7-8-9-10-11-12-13-14-15-16-17-18(19)20;1-5-10-14(16,11-6-2)18-9-19-15(17,12-7-3)13-8-4;;;/h2-17H2,1H3,(H,19,20);5-9H2,1-4H3;;;/q;;+2;2*-1. The third kappa shape index (κ3) is 33.5. The Bertz CT molecular complexity index is 612. The smallest absolute Gasteiger partial charge is 1.00 e. The Morgan fingerprint density at radius 2 is 0.875 bits per heavy atom. The van der Waals surface area contributed by atoms with E-state index >= 15 is 0 Å². The van der Waals surface area contributed by atoms with Crippen molar-refractivity contribution < 1.29 is 30.8 Å². The average Bonchev–Trinajstić information content (AvgIpc) is 2.87. The first-order valence-electron chi connectivity index (χ1n) is 15.0. The van der Waals surface area contributed by atoms with Gasteiger partial charge in [0, 0.05) is 6.42 Å². The molecule has 0 fully saturated rings. The molecule has 0 unspecified atom stereocenters. The summed E-state index contributed by atoms with van der Waals surface area (Å²) in [5.41, 5.74) is -4.51. The molecule has 6 nitrogen and oxygen atoms in total. The summed E-state index contributed by atoms with van der Waals surface area (Å²) in [4.78, 5) is 10.3. The van der Waals surface area contributed by atoms with Gasteiger partial charge in [0.05, 0.1) is 31.5 Å². The second-order valence-electron chi connectivity index (χ2n) is 9.04. The number of aliphatic carboxylic acids is 1. The van der Waals surface area contributed by atoms with Crippen LogP contribution in [-0.4, -0.2) is 80.3 Å². The van der Waals surface area contributed by atoms with E-state index in [2.05, 4.69) is 6.92 Å². The number of hydrogen-bond donors (Lipinski definition) is 1. The van der Waals surface area contributed by atoms with Crippen LogP contribution in [0.1, 0.15) is 140 Å². The molecule has 0 saturated carbocycles. The Morgan fingerprint density at radius 3 is 1.12 bits per heavy atom. The number of carbonyl (C=O) groups is 1. The first-order chi connectivity index (χ1) is 18.7. The predicted molar refractivity (Wildman–Crippen MR) is 190 cm³/mol. The van der Waals surface area contributed by atoms with Crippen LogP contribution in [0, 0.1) is 0 Å². The van der Waals surface area contributed by atoms with E-state index in [4.69, 9.17) is 46.8 Å². The Morgan fingerprint density at radius 1 is 0.600 bits per heavy atom. The summed E-state index contributed by atoms with van der Waals surface area (Å²) in [6, 6.07) is 0. The minimum absolute atomic E-state index is 0. The normalized spacial score (nSPS) is 11.5. The van der Waals surface area contributed by atoms with Gasteiger partial charge in [-0.3, -0.25) is 4.79 Å². The largest absolute Gasteiger partial charge is 2.00 e. The summed E-state index contributed by atoms with van der Waals surface area (Å²) in [5, 5.41) is 9.18. The second-order valence-corrected chi connectivity index (χ2v) is 22.0. The molecule has 0 bridgehead atoms. The molecule has 0 aromatic heterocycles. The number of unbranched alkanes of at least 4 members (excludes halogenated alkanes) is 14. The third-order valence-corrected chi connectivity index (χ3v) is 17.6. The topological polar surface area (TPSA) is 74.2 Å². The molecule has 40 heavy (non-hydrogen) atoms. The van der Waals surface area contributed by atoms with Crippen molar-refractivity contribution in [3.05, 3.63) is 0 Å². The van der Waals surface area contributed by atoms with Gasteiger partial charge in [-0.2, -0.15) is 0 Å². The van der Waals surface area contributed by atoms with Crippen molar-refractivity contribution in [2.75, 3.05) is 31.5 Å². The summed E-state index contributed by atoms with van der Waals surface area (Å²) in [6.45, 7) is 12.2. The van der Waals surface area contributed by atoms with Crippen LogP contribution in [0.4, 0.5) is 0 Å². The molecule has 0 aliphatic carbocycles. The summed E-state index contributed by atoms with van der Waals surface area (Å²) < 4.78 is 22.2. The molecule has 0 radical (unpaired) electrons. The van der Waals surface area contributed by atoms with Crippen molar-refractivity contribution >= 4 is 101 Å². The SMILES string of the molecule is CCCCCCCCCCCCCCCCCC(=O)O.CCOP(=S)(OCC)SCSP(=S)(OCC)OCC.[Ca+2].[H-].[H-]. The van der Waals surface area contributed by atoms with E-state index < -0.39 is 17.4 Å². The molecule has 0 amide bonds. The van der Waals surface area contributed by atoms with Crippen molar-refractivity contribution in [3.8, 4) is 0 Å². The van der Waals surface area contributed by atoms with Gasteiger partial charge in [0.15, 0.2) is 0 Å². The van der Waals surface area contributed by atoms with Crippen LogP contribution < -0.4 is 0 Å². The minimum atomic E-state index is -2.25. The first-order valence-corrected chi connectivity index (χ1v) is 23.5. The van der Waals surface area contributed by atoms with E-state index in [0.29, 0.717) is 37.9 Å². The number of carboxylic acid groups (broad SMARTS) is 1. The van der Waals surface area contributed by atoms with Crippen LogP contribution >= 0.6 is 34.2 Å². The molecule has 240 valence electrons. The van der Waals surface area contributed by atoms with Gasteiger partial charge < -0.3 is 26.1 Å². The van der Waals surface area contributed by atoms with Gasteiger partial charge in [0.1, 0.15) is 0 Å². The molecule has 0 rings (SSSR count). The Labute approximate surface area is 298 Å². The van der Waals surface area contributed by atoms with Crippen LogP contribution in [0.15, 0.2) is 0 Å². The molecule has 0 heterocycles. The zero-order valence-corrected chi connectivity index (χ0v) is 33.3. The number of rotatable bonds is 28. The van der Waals surface area contributed by atoms with Gasteiger partial charge in [-0.15, -0.1) is 0 Å². The van der Waals surface area contributed by atoms with Crippen LogP contribution in [0.25, 0.3) is 0 Å². The molecule has 0 aliphatic rings. The number of carboxylic acids is 1. The Balaban J connectivity index is -0.000000203.